The van der Waals surface area contributed by atoms with Crippen LogP contribution in [0.25, 0.3) is 11.1 Å². The molecule has 0 aromatic heterocycles. The highest BCUT2D eigenvalue weighted by Gasteiger charge is 2.44. The summed E-state index contributed by atoms with van der Waals surface area (Å²) in [6, 6.07) is 12.6. The number of nitrogens with one attached hydrogen (secondary N) is 1. The molecule has 0 spiro atoms. The topological polar surface area (TPSA) is 105 Å². The van der Waals surface area contributed by atoms with E-state index in [0.717, 1.165) is 27.2 Å². The Kier molecular flexibility index (Phi) is 6.97. The van der Waals surface area contributed by atoms with Crippen molar-refractivity contribution in [2.75, 3.05) is 26.3 Å². The molecule has 1 saturated heterocycles. The van der Waals surface area contributed by atoms with Gasteiger partial charge in [-0.2, -0.15) is 13.2 Å². The number of halogens is 3. The molecule has 8 nitrogen and oxygen atoms in total. The number of hydrogen-bond donors (Lipinski definition) is 2. The van der Waals surface area contributed by atoms with E-state index < -0.39 is 42.7 Å². The van der Waals surface area contributed by atoms with Crippen molar-refractivity contribution in [3.8, 4) is 11.1 Å². The van der Waals surface area contributed by atoms with Gasteiger partial charge in [-0.25, -0.2) is 9.59 Å². The number of aliphatic carboxylic acids is 1. The van der Waals surface area contributed by atoms with Crippen LogP contribution in [0.1, 0.15) is 23.5 Å². The van der Waals surface area contributed by atoms with Crippen molar-refractivity contribution in [1.82, 2.24) is 10.2 Å². The van der Waals surface area contributed by atoms with Crippen LogP contribution in [-0.2, 0) is 19.1 Å². The molecule has 0 saturated carbocycles. The molecule has 2 atom stereocenters. The SMILES string of the molecule is O=C(NC(CC(=O)N1CCOC(C(=O)O)C1)C(F)(F)F)OCC1c2ccccc2-c2ccccc21. The van der Waals surface area contributed by atoms with Crippen molar-refractivity contribution in [1.29, 1.82) is 0 Å². The maximum atomic E-state index is 13.6. The summed E-state index contributed by atoms with van der Waals surface area (Å²) in [4.78, 5) is 36.8. The summed E-state index contributed by atoms with van der Waals surface area (Å²) in [5, 5.41) is 10.8. The molecule has 2 amide bonds. The van der Waals surface area contributed by atoms with Crippen molar-refractivity contribution in [3.63, 3.8) is 0 Å². The first-order chi connectivity index (χ1) is 16.6. The number of alkyl halides is 3. The molecular formula is C24H23F3N2O6. The largest absolute Gasteiger partial charge is 0.479 e. The normalized spacial score (nSPS) is 18.4. The zero-order valence-electron chi connectivity index (χ0n) is 18.5. The Balaban J connectivity index is 1.39. The third-order valence-corrected chi connectivity index (χ3v) is 6.10. The van der Waals surface area contributed by atoms with Gasteiger partial charge in [0.05, 0.1) is 19.6 Å². The summed E-state index contributed by atoms with van der Waals surface area (Å²) >= 11 is 0. The van der Waals surface area contributed by atoms with Crippen molar-refractivity contribution < 1.29 is 42.1 Å². The quantitative estimate of drug-likeness (QED) is 0.642. The van der Waals surface area contributed by atoms with Crippen LogP contribution < -0.4 is 5.32 Å². The Morgan fingerprint density at radius 2 is 1.69 bits per heavy atom. The first kappa shape index (κ1) is 24.5. The number of hydrogen-bond acceptors (Lipinski definition) is 5. The van der Waals surface area contributed by atoms with Gasteiger partial charge in [-0.05, 0) is 22.3 Å². The van der Waals surface area contributed by atoms with Gasteiger partial charge < -0.3 is 24.8 Å². The molecule has 4 rings (SSSR count). The van der Waals surface area contributed by atoms with Gasteiger partial charge in [0, 0.05) is 12.5 Å². The molecule has 186 valence electrons. The average Bonchev–Trinajstić information content (AvgIpc) is 3.15. The number of fused-ring (bicyclic) bond motifs is 3. The van der Waals surface area contributed by atoms with Gasteiger partial charge in [-0.3, -0.25) is 4.79 Å². The van der Waals surface area contributed by atoms with Gasteiger partial charge in [0.1, 0.15) is 12.6 Å². The Morgan fingerprint density at radius 3 is 2.26 bits per heavy atom. The lowest BCUT2D eigenvalue weighted by molar-refractivity contribution is -0.169. The summed E-state index contributed by atoms with van der Waals surface area (Å²) in [5.74, 6) is -2.59. The average molecular weight is 492 g/mol. The van der Waals surface area contributed by atoms with E-state index in [4.69, 9.17) is 14.6 Å². The minimum atomic E-state index is -4.92. The lowest BCUT2D eigenvalue weighted by atomic mass is 9.98. The number of carbonyl (C=O) groups excluding carboxylic acids is 2. The number of nitrogens with zero attached hydrogens (tertiary/aromatic N) is 1. The summed E-state index contributed by atoms with van der Waals surface area (Å²) < 4.78 is 50.9. The van der Waals surface area contributed by atoms with Gasteiger partial charge in [-0.15, -0.1) is 0 Å². The first-order valence-corrected chi connectivity index (χ1v) is 11.0. The molecule has 2 aromatic rings. The Morgan fingerprint density at radius 1 is 1.09 bits per heavy atom. The van der Waals surface area contributed by atoms with Crippen LogP contribution in [0.4, 0.5) is 18.0 Å². The van der Waals surface area contributed by atoms with Crippen LogP contribution >= 0.6 is 0 Å². The smallest absolute Gasteiger partial charge is 0.409 e. The van der Waals surface area contributed by atoms with Crippen LogP contribution in [0.3, 0.4) is 0 Å². The van der Waals surface area contributed by atoms with Crippen LogP contribution in [0.2, 0.25) is 0 Å². The minimum absolute atomic E-state index is 0.0435. The predicted molar refractivity (Wildman–Crippen MR) is 117 cm³/mol. The Bertz CT molecular complexity index is 1080. The number of alkyl carbamates (subject to hydrolysis) is 1. The second-order valence-corrected chi connectivity index (χ2v) is 8.31. The van der Waals surface area contributed by atoms with Gasteiger partial charge in [0.15, 0.2) is 6.10 Å². The standard InChI is InChI=1S/C24H23F3N2O6/c25-24(26,27)20(11-21(30)29-9-10-34-19(12-29)22(31)32)28-23(33)35-13-18-16-7-3-1-5-14(16)15-6-2-4-8-17(15)18/h1-8,18-20H,9-13H2,(H,28,33)(H,31,32). The summed E-state index contributed by atoms with van der Waals surface area (Å²) in [7, 11) is 0. The molecule has 0 radical (unpaired) electrons. The highest BCUT2D eigenvalue weighted by atomic mass is 19.4. The zero-order valence-corrected chi connectivity index (χ0v) is 18.5. The third kappa shape index (κ3) is 5.40. The third-order valence-electron chi connectivity index (χ3n) is 6.10. The van der Waals surface area contributed by atoms with Crippen molar-refractivity contribution in [3.05, 3.63) is 59.7 Å². The van der Waals surface area contributed by atoms with Crippen molar-refractivity contribution >= 4 is 18.0 Å². The number of rotatable bonds is 6. The lowest BCUT2D eigenvalue weighted by Crippen LogP contribution is -2.52. The van der Waals surface area contributed by atoms with Crippen LogP contribution in [0.15, 0.2) is 48.5 Å². The summed E-state index contributed by atoms with van der Waals surface area (Å²) in [5.41, 5.74) is 3.76. The maximum Gasteiger partial charge on any atom is 0.409 e. The van der Waals surface area contributed by atoms with E-state index in [2.05, 4.69) is 0 Å². The van der Waals surface area contributed by atoms with E-state index in [9.17, 15) is 27.6 Å². The molecule has 2 unspecified atom stereocenters. The molecule has 2 aliphatic rings. The fourth-order valence-electron chi connectivity index (χ4n) is 4.36. The van der Waals surface area contributed by atoms with E-state index in [1.807, 2.05) is 48.5 Å². The highest BCUT2D eigenvalue weighted by molar-refractivity contribution is 5.81. The second kappa shape index (κ2) is 9.95. The molecule has 1 aliphatic heterocycles. The van der Waals surface area contributed by atoms with Crippen molar-refractivity contribution in [2.45, 2.75) is 30.7 Å². The summed E-state index contributed by atoms with van der Waals surface area (Å²) in [6.45, 7) is -0.705. The fraction of sp³-hybridized carbons (Fsp3) is 0.375. The molecule has 35 heavy (non-hydrogen) atoms. The predicted octanol–water partition coefficient (Wildman–Crippen LogP) is 3.16. The van der Waals surface area contributed by atoms with Crippen LogP contribution in [0, 0.1) is 0 Å². The Labute approximate surface area is 198 Å². The number of benzene rings is 2. The van der Waals surface area contributed by atoms with E-state index >= 15 is 0 Å². The number of carboxylic acid groups (broad SMARTS) is 1. The molecule has 2 N–H and O–H groups in total. The summed E-state index contributed by atoms with van der Waals surface area (Å²) in [6.07, 6.45) is -8.61. The molecule has 11 heteroatoms. The number of carbonyl (C=O) groups is 3. The molecule has 1 heterocycles. The lowest BCUT2D eigenvalue weighted by Gasteiger charge is -2.32. The molecule has 0 bridgehead atoms. The maximum absolute atomic E-state index is 13.6. The van der Waals surface area contributed by atoms with Gasteiger partial charge >= 0.3 is 18.2 Å². The number of amides is 2. The van der Waals surface area contributed by atoms with Crippen molar-refractivity contribution in [2.24, 2.45) is 0 Å². The molecule has 2 aromatic carbocycles. The molecular weight excluding hydrogens is 469 g/mol. The number of morpholine rings is 1. The van der Waals surface area contributed by atoms with Crippen LogP contribution in [0.5, 0.6) is 0 Å². The van der Waals surface area contributed by atoms with E-state index in [0.29, 0.717) is 0 Å². The van der Waals surface area contributed by atoms with Crippen LogP contribution in [-0.4, -0.2) is 72.6 Å². The fourth-order valence-corrected chi connectivity index (χ4v) is 4.36. The number of ether oxygens (including phenoxy) is 2. The van der Waals surface area contributed by atoms with Gasteiger partial charge in [0.2, 0.25) is 5.91 Å². The Hall–Kier alpha value is -3.60. The molecule has 1 fully saturated rings. The molecule has 1 aliphatic carbocycles. The monoisotopic (exact) mass is 492 g/mol. The van der Waals surface area contributed by atoms with E-state index in [1.54, 1.807) is 5.32 Å². The minimum Gasteiger partial charge on any atom is -0.479 e. The zero-order chi connectivity index (χ0) is 25.2. The first-order valence-electron chi connectivity index (χ1n) is 11.0. The van der Waals surface area contributed by atoms with E-state index in [-0.39, 0.29) is 32.2 Å². The second-order valence-electron chi connectivity index (χ2n) is 8.31. The van der Waals surface area contributed by atoms with Gasteiger partial charge in [-0.1, -0.05) is 48.5 Å². The van der Waals surface area contributed by atoms with E-state index in [1.165, 1.54) is 0 Å². The highest BCUT2D eigenvalue weighted by Crippen LogP contribution is 2.44. The number of carboxylic acids is 1. The van der Waals surface area contributed by atoms with Gasteiger partial charge in [0.25, 0.3) is 0 Å².